The van der Waals surface area contributed by atoms with E-state index in [-0.39, 0.29) is 11.8 Å². The Morgan fingerprint density at radius 2 is 1.96 bits per heavy atom. The maximum atomic E-state index is 12.2. The molecular formula is C19H32N4O2S. The molecule has 2 N–H and O–H groups in total. The van der Waals surface area contributed by atoms with Crippen LogP contribution in [0.2, 0.25) is 0 Å². The Morgan fingerprint density at radius 3 is 2.54 bits per heavy atom. The quantitative estimate of drug-likeness (QED) is 0.283. The Balaban J connectivity index is 2.77. The highest BCUT2D eigenvalue weighted by Crippen LogP contribution is 2.12. The van der Waals surface area contributed by atoms with Crippen LogP contribution in [0, 0.1) is 0 Å². The zero-order valence-corrected chi connectivity index (χ0v) is 17.1. The molecule has 0 aliphatic carbocycles. The number of rotatable bonds is 10. The summed E-state index contributed by atoms with van der Waals surface area (Å²) in [5.74, 6) is 0.753. The van der Waals surface area contributed by atoms with Gasteiger partial charge in [-0.15, -0.1) is 6.58 Å². The van der Waals surface area contributed by atoms with Gasteiger partial charge in [-0.1, -0.05) is 30.3 Å². The van der Waals surface area contributed by atoms with Crippen LogP contribution in [-0.4, -0.2) is 46.0 Å². The van der Waals surface area contributed by atoms with E-state index in [2.05, 4.69) is 26.5 Å². The van der Waals surface area contributed by atoms with Crippen LogP contribution < -0.4 is 10.0 Å². The van der Waals surface area contributed by atoms with Gasteiger partial charge in [0.05, 0.1) is 5.75 Å². The van der Waals surface area contributed by atoms with Crippen LogP contribution >= 0.6 is 0 Å². The highest BCUT2D eigenvalue weighted by atomic mass is 32.2. The number of hydrogen-bond acceptors (Lipinski definition) is 3. The van der Waals surface area contributed by atoms with Crippen LogP contribution in [0.5, 0.6) is 0 Å². The van der Waals surface area contributed by atoms with Crippen molar-refractivity contribution in [3.63, 3.8) is 0 Å². The van der Waals surface area contributed by atoms with Crippen molar-refractivity contribution in [2.24, 2.45) is 4.99 Å². The Bertz CT molecular complexity index is 699. The van der Waals surface area contributed by atoms with Gasteiger partial charge >= 0.3 is 0 Å². The monoisotopic (exact) mass is 380 g/mol. The first kappa shape index (κ1) is 22.2. The van der Waals surface area contributed by atoms with E-state index < -0.39 is 10.0 Å². The van der Waals surface area contributed by atoms with Gasteiger partial charge in [-0.05, 0) is 37.8 Å². The Labute approximate surface area is 158 Å². The van der Waals surface area contributed by atoms with Crippen molar-refractivity contribution >= 4 is 16.0 Å². The minimum atomic E-state index is -3.36. The number of aliphatic imine (C=N–C) groups is 1. The van der Waals surface area contributed by atoms with E-state index in [1.54, 1.807) is 7.05 Å². The third kappa shape index (κ3) is 8.01. The fourth-order valence-electron chi connectivity index (χ4n) is 2.61. The van der Waals surface area contributed by atoms with Crippen molar-refractivity contribution < 1.29 is 8.42 Å². The molecule has 7 heteroatoms. The first-order valence-corrected chi connectivity index (χ1v) is 10.5. The number of hydrogen-bond donors (Lipinski definition) is 2. The fraction of sp³-hybridized carbons (Fsp3) is 0.526. The number of nitrogens with zero attached hydrogens (tertiary/aromatic N) is 2. The van der Waals surface area contributed by atoms with E-state index in [0.717, 1.165) is 36.5 Å². The molecule has 146 valence electrons. The van der Waals surface area contributed by atoms with E-state index in [9.17, 15) is 8.42 Å². The lowest BCUT2D eigenvalue weighted by molar-refractivity contribution is 0.469. The molecule has 0 amide bonds. The molecule has 0 atom stereocenters. The average Bonchev–Trinajstić information content (AvgIpc) is 2.55. The summed E-state index contributed by atoms with van der Waals surface area (Å²) in [6.45, 7) is 8.76. The molecular weight excluding hydrogens is 348 g/mol. The van der Waals surface area contributed by atoms with Crippen molar-refractivity contribution in [1.82, 2.24) is 14.9 Å². The molecule has 0 bridgehead atoms. The first-order valence-electron chi connectivity index (χ1n) is 8.88. The summed E-state index contributed by atoms with van der Waals surface area (Å²) in [6.07, 6.45) is 3.88. The maximum Gasteiger partial charge on any atom is 0.216 e. The van der Waals surface area contributed by atoms with Crippen molar-refractivity contribution in [3.05, 3.63) is 48.0 Å². The Hall–Kier alpha value is -1.86. The number of benzene rings is 1. The molecule has 0 heterocycles. The molecule has 0 aromatic heterocycles. The predicted octanol–water partition coefficient (Wildman–Crippen LogP) is 2.49. The molecule has 1 aromatic rings. The van der Waals surface area contributed by atoms with Gasteiger partial charge in [0.2, 0.25) is 10.0 Å². The SMILES string of the molecule is C=CCCCN(C)C(=NC)NCc1ccccc1CS(=O)(=O)NC(C)C. The molecule has 0 fully saturated rings. The van der Waals surface area contributed by atoms with Crippen LogP contribution in [0.1, 0.15) is 37.8 Å². The summed E-state index contributed by atoms with van der Waals surface area (Å²) in [7, 11) is 0.373. The van der Waals surface area contributed by atoms with E-state index in [1.807, 2.05) is 51.2 Å². The fourth-order valence-corrected chi connectivity index (χ4v) is 4.11. The second kappa shape index (κ2) is 11.0. The predicted molar refractivity (Wildman–Crippen MR) is 110 cm³/mol. The van der Waals surface area contributed by atoms with Crippen molar-refractivity contribution in [1.29, 1.82) is 0 Å². The largest absolute Gasteiger partial charge is 0.352 e. The highest BCUT2D eigenvalue weighted by Gasteiger charge is 2.15. The van der Waals surface area contributed by atoms with Gasteiger partial charge in [-0.3, -0.25) is 4.99 Å². The number of allylic oxidation sites excluding steroid dienone is 1. The Morgan fingerprint density at radius 1 is 1.31 bits per heavy atom. The molecule has 0 spiro atoms. The third-order valence-corrected chi connectivity index (χ3v) is 5.31. The van der Waals surface area contributed by atoms with Crippen LogP contribution in [0.25, 0.3) is 0 Å². The molecule has 0 aliphatic rings. The number of unbranched alkanes of at least 4 members (excludes halogenated alkanes) is 1. The van der Waals surface area contributed by atoms with Crippen LogP contribution in [0.3, 0.4) is 0 Å². The lowest BCUT2D eigenvalue weighted by Gasteiger charge is -2.22. The zero-order valence-electron chi connectivity index (χ0n) is 16.3. The highest BCUT2D eigenvalue weighted by molar-refractivity contribution is 7.88. The van der Waals surface area contributed by atoms with Gasteiger partial charge in [0.15, 0.2) is 5.96 Å². The second-order valence-corrected chi connectivity index (χ2v) is 8.31. The van der Waals surface area contributed by atoms with Crippen molar-refractivity contribution in [2.45, 2.75) is 45.0 Å². The molecule has 0 unspecified atom stereocenters. The average molecular weight is 381 g/mol. The van der Waals surface area contributed by atoms with Gasteiger partial charge in [-0.25, -0.2) is 13.1 Å². The molecule has 0 saturated heterocycles. The second-order valence-electron chi connectivity index (χ2n) is 6.55. The van der Waals surface area contributed by atoms with Crippen LogP contribution in [0.15, 0.2) is 41.9 Å². The third-order valence-electron chi connectivity index (χ3n) is 3.79. The smallest absolute Gasteiger partial charge is 0.216 e. The minimum absolute atomic E-state index is 0.0309. The van der Waals surface area contributed by atoms with Gasteiger partial charge in [0.1, 0.15) is 0 Å². The molecule has 6 nitrogen and oxygen atoms in total. The van der Waals surface area contributed by atoms with Gasteiger partial charge in [0, 0.05) is 33.2 Å². The maximum absolute atomic E-state index is 12.2. The summed E-state index contributed by atoms with van der Waals surface area (Å²) in [5.41, 5.74) is 1.74. The lowest BCUT2D eigenvalue weighted by atomic mass is 10.1. The van der Waals surface area contributed by atoms with E-state index >= 15 is 0 Å². The summed E-state index contributed by atoms with van der Waals surface area (Å²) in [6, 6.07) is 7.46. The molecule has 0 saturated carbocycles. The number of nitrogens with one attached hydrogen (secondary N) is 2. The topological polar surface area (TPSA) is 73.8 Å². The molecule has 1 rings (SSSR count). The minimum Gasteiger partial charge on any atom is -0.352 e. The number of sulfonamides is 1. The molecule has 1 aromatic carbocycles. The normalized spacial score (nSPS) is 12.3. The van der Waals surface area contributed by atoms with Crippen molar-refractivity contribution in [3.8, 4) is 0 Å². The lowest BCUT2D eigenvalue weighted by Crippen LogP contribution is -2.39. The number of guanidine groups is 1. The van der Waals surface area contributed by atoms with Crippen molar-refractivity contribution in [2.75, 3.05) is 20.6 Å². The van der Waals surface area contributed by atoms with E-state index in [1.165, 1.54) is 0 Å². The van der Waals surface area contributed by atoms with Crippen LogP contribution in [0.4, 0.5) is 0 Å². The summed E-state index contributed by atoms with van der Waals surface area (Å²) in [5, 5.41) is 3.31. The van der Waals surface area contributed by atoms with Gasteiger partial charge < -0.3 is 10.2 Å². The summed E-state index contributed by atoms with van der Waals surface area (Å²) >= 11 is 0. The van der Waals surface area contributed by atoms with E-state index in [0.29, 0.717) is 6.54 Å². The van der Waals surface area contributed by atoms with Crippen LogP contribution in [-0.2, 0) is 22.3 Å². The molecule has 26 heavy (non-hydrogen) atoms. The molecule has 0 radical (unpaired) electrons. The molecule has 0 aliphatic heterocycles. The first-order chi connectivity index (χ1) is 12.3. The van der Waals surface area contributed by atoms with E-state index in [4.69, 9.17) is 0 Å². The standard InChI is InChI=1S/C19H32N4O2S/c1-6-7-10-13-23(5)19(20-4)21-14-17-11-8-9-12-18(17)15-26(24,25)22-16(2)3/h6,8-9,11-12,16,22H,1,7,10,13-15H2,2-5H3,(H,20,21). The Kier molecular flexibility index (Phi) is 9.37. The van der Waals surface area contributed by atoms with Gasteiger partial charge in [0.25, 0.3) is 0 Å². The van der Waals surface area contributed by atoms with Gasteiger partial charge in [-0.2, -0.15) is 0 Å². The zero-order chi connectivity index (χ0) is 19.6. The summed E-state index contributed by atoms with van der Waals surface area (Å²) < 4.78 is 27.1. The summed E-state index contributed by atoms with van der Waals surface area (Å²) in [4.78, 5) is 6.36.